The molecule has 0 radical (unpaired) electrons. The molecule has 7 atom stereocenters. The molecule has 2 bridgehead atoms. The second kappa shape index (κ2) is 11.7. The van der Waals surface area contributed by atoms with Crippen LogP contribution in [0.15, 0.2) is 79.9 Å². The number of hydrogen-bond donors (Lipinski definition) is 1. The number of carbonyl (C=O) groups is 3. The van der Waals surface area contributed by atoms with Gasteiger partial charge in [-0.3, -0.25) is 14.4 Å². The van der Waals surface area contributed by atoms with Crippen LogP contribution in [0.1, 0.15) is 38.3 Å². The van der Waals surface area contributed by atoms with Gasteiger partial charge in [0.1, 0.15) is 17.6 Å². The molecule has 0 aromatic heterocycles. The normalized spacial score (nSPS) is 30.1. The summed E-state index contributed by atoms with van der Waals surface area (Å²) in [5.41, 5.74) is -1.08. The number of nitrogens with zero attached hydrogens (tertiary/aromatic N) is 2. The average molecular weight is 593 g/mol. The summed E-state index contributed by atoms with van der Waals surface area (Å²) in [6.07, 6.45) is 4.13. The summed E-state index contributed by atoms with van der Waals surface area (Å²) in [5, 5.41) is 11.2. The molecule has 3 heterocycles. The highest BCUT2D eigenvalue weighted by Gasteiger charge is 2.81. The molecule has 3 saturated heterocycles. The van der Waals surface area contributed by atoms with Crippen LogP contribution in [0.25, 0.3) is 0 Å². The van der Waals surface area contributed by atoms with Gasteiger partial charge in [-0.2, -0.15) is 0 Å². The third-order valence-electron chi connectivity index (χ3n) is 9.22. The summed E-state index contributed by atoms with van der Waals surface area (Å²) in [4.78, 5) is 46.1. The minimum Gasteiger partial charge on any atom is -0.465 e. The highest BCUT2D eigenvalue weighted by Crippen LogP contribution is 2.66. The Balaban J connectivity index is 1.66. The zero-order valence-corrected chi connectivity index (χ0v) is 24.7. The van der Waals surface area contributed by atoms with Crippen molar-refractivity contribution in [3.63, 3.8) is 0 Å². The number of hydrogen-bond acceptors (Lipinski definition) is 6. The molecule has 0 saturated carbocycles. The van der Waals surface area contributed by atoms with E-state index in [1.54, 1.807) is 41.3 Å². The fraction of sp³-hybridized carbons (Fsp3) is 0.424. The molecule has 2 aromatic rings. The van der Waals surface area contributed by atoms with Gasteiger partial charge in [-0.15, -0.1) is 13.2 Å². The van der Waals surface area contributed by atoms with E-state index in [2.05, 4.69) is 13.2 Å². The molecular weight excluding hydrogens is 556 g/mol. The maximum atomic E-state index is 14.8. The fourth-order valence-electron chi connectivity index (χ4n) is 7.23. The van der Waals surface area contributed by atoms with Crippen molar-refractivity contribution in [1.29, 1.82) is 0 Å². The monoisotopic (exact) mass is 592 g/mol. The van der Waals surface area contributed by atoms with Crippen LogP contribution in [0.2, 0.25) is 5.02 Å². The quantitative estimate of drug-likeness (QED) is 0.230. The minimum atomic E-state index is -1.31. The maximum absolute atomic E-state index is 14.8. The van der Waals surface area contributed by atoms with Gasteiger partial charge >= 0.3 is 5.97 Å². The molecule has 5 rings (SSSR count). The number of amides is 2. The molecule has 2 amide bonds. The molecule has 0 aliphatic carbocycles. The molecule has 1 spiro atoms. The van der Waals surface area contributed by atoms with Crippen LogP contribution < -0.4 is 4.90 Å². The van der Waals surface area contributed by atoms with Crippen molar-refractivity contribution in [2.75, 3.05) is 24.7 Å². The van der Waals surface area contributed by atoms with E-state index in [1.165, 1.54) is 4.90 Å². The lowest BCUT2D eigenvalue weighted by Gasteiger charge is -2.39. The van der Waals surface area contributed by atoms with E-state index in [9.17, 15) is 19.5 Å². The van der Waals surface area contributed by atoms with Crippen LogP contribution in [0.5, 0.6) is 0 Å². The number of esters is 1. The minimum absolute atomic E-state index is 0.135. The third-order valence-corrected chi connectivity index (χ3v) is 9.47. The highest BCUT2D eigenvalue weighted by molar-refractivity contribution is 6.30. The van der Waals surface area contributed by atoms with Gasteiger partial charge in [-0.25, -0.2) is 0 Å². The van der Waals surface area contributed by atoms with Crippen molar-refractivity contribution in [2.24, 2.45) is 17.8 Å². The topological polar surface area (TPSA) is 96.4 Å². The van der Waals surface area contributed by atoms with Crippen LogP contribution >= 0.6 is 11.6 Å². The van der Waals surface area contributed by atoms with Crippen molar-refractivity contribution in [2.45, 2.75) is 50.0 Å². The van der Waals surface area contributed by atoms with E-state index in [1.807, 2.05) is 44.2 Å². The van der Waals surface area contributed by atoms with E-state index in [4.69, 9.17) is 21.1 Å². The van der Waals surface area contributed by atoms with Crippen molar-refractivity contribution in [3.8, 4) is 0 Å². The zero-order valence-electron chi connectivity index (χ0n) is 23.9. The lowest BCUT2D eigenvalue weighted by atomic mass is 9.62. The van der Waals surface area contributed by atoms with Crippen LogP contribution in [0.4, 0.5) is 5.69 Å². The molecule has 3 unspecified atom stereocenters. The SMILES string of the molecule is C=CCCOC(=O)[C@@H]1[C@H]2C(=O)N([C@H](CO)c3ccccc3)C(C(=O)N(CC=C)c3ccc(Cl)cc3)C23CC(C)[C@@]1(C)O3. The number of ether oxygens (including phenoxy) is 2. The van der Waals surface area contributed by atoms with Crippen LogP contribution in [0, 0.1) is 17.8 Å². The number of rotatable bonds is 11. The van der Waals surface area contributed by atoms with Crippen LogP contribution in [-0.2, 0) is 23.9 Å². The third kappa shape index (κ3) is 4.66. The number of carbonyl (C=O) groups excluding carboxylic acids is 3. The standard InChI is InChI=1S/C33H37ClN2O6/c1-5-7-18-41-31(40)27-26-29(38)36(25(20-37)22-11-9-8-10-12-22)28(33(26)19-21(3)32(27,4)42-33)30(39)35(17-6-2)24-15-13-23(34)14-16-24/h5-6,8-16,21,25-28,37H,1-2,7,17-20H2,3-4H3/t21?,25-,26+,27+,28?,32-,33?/m1/s1. The Bertz CT molecular complexity index is 1370. The van der Waals surface area contributed by atoms with Crippen LogP contribution in [0.3, 0.4) is 0 Å². The zero-order chi connectivity index (χ0) is 30.2. The molecule has 1 N–H and O–H groups in total. The predicted octanol–water partition coefficient (Wildman–Crippen LogP) is 4.72. The molecule has 42 heavy (non-hydrogen) atoms. The number of anilines is 1. The Morgan fingerprint density at radius 3 is 2.50 bits per heavy atom. The largest absolute Gasteiger partial charge is 0.465 e. The Morgan fingerprint density at radius 2 is 1.88 bits per heavy atom. The summed E-state index contributed by atoms with van der Waals surface area (Å²) in [6.45, 7) is 11.2. The van der Waals surface area contributed by atoms with Gasteiger partial charge in [0, 0.05) is 17.3 Å². The Hall–Kier alpha value is -3.46. The van der Waals surface area contributed by atoms with Gasteiger partial charge < -0.3 is 24.4 Å². The van der Waals surface area contributed by atoms with Gasteiger partial charge in [-0.05, 0) is 55.5 Å². The lowest BCUT2D eigenvalue weighted by molar-refractivity contribution is -0.162. The predicted molar refractivity (Wildman–Crippen MR) is 160 cm³/mol. The van der Waals surface area contributed by atoms with Gasteiger partial charge in [0.15, 0.2) is 0 Å². The number of fused-ring (bicyclic) bond motifs is 1. The molecule has 3 aliphatic heterocycles. The van der Waals surface area contributed by atoms with Gasteiger partial charge in [0.2, 0.25) is 5.91 Å². The number of benzene rings is 2. The lowest BCUT2D eigenvalue weighted by Crippen LogP contribution is -2.57. The van der Waals surface area contributed by atoms with E-state index >= 15 is 0 Å². The van der Waals surface area contributed by atoms with Crippen LogP contribution in [-0.4, -0.2) is 64.8 Å². The Labute approximate surface area is 251 Å². The summed E-state index contributed by atoms with van der Waals surface area (Å²) in [7, 11) is 0. The average Bonchev–Trinajstić information content (AvgIpc) is 3.50. The maximum Gasteiger partial charge on any atom is 0.312 e. The van der Waals surface area contributed by atoms with Crippen molar-refractivity contribution in [3.05, 3.63) is 90.5 Å². The summed E-state index contributed by atoms with van der Waals surface area (Å²) in [5.74, 6) is -3.36. The van der Waals surface area contributed by atoms with E-state index in [-0.39, 0.29) is 25.0 Å². The summed E-state index contributed by atoms with van der Waals surface area (Å²) < 4.78 is 12.4. The van der Waals surface area contributed by atoms with E-state index < -0.39 is 53.6 Å². The van der Waals surface area contributed by atoms with Gasteiger partial charge in [0.25, 0.3) is 5.91 Å². The number of likely N-dealkylation sites (tertiary alicyclic amines) is 1. The molecule has 8 nitrogen and oxygen atoms in total. The molecule has 9 heteroatoms. The molecule has 2 aromatic carbocycles. The first-order valence-electron chi connectivity index (χ1n) is 14.3. The Morgan fingerprint density at radius 1 is 1.19 bits per heavy atom. The first-order valence-corrected chi connectivity index (χ1v) is 14.7. The second-order valence-corrected chi connectivity index (χ2v) is 12.0. The fourth-order valence-corrected chi connectivity index (χ4v) is 7.36. The molecule has 3 fully saturated rings. The summed E-state index contributed by atoms with van der Waals surface area (Å²) >= 11 is 6.14. The summed E-state index contributed by atoms with van der Waals surface area (Å²) in [6, 6.07) is 14.0. The second-order valence-electron chi connectivity index (χ2n) is 11.5. The number of aliphatic hydroxyl groups excluding tert-OH is 1. The molecule has 222 valence electrons. The van der Waals surface area contributed by atoms with Crippen molar-refractivity contribution < 1.29 is 29.0 Å². The van der Waals surface area contributed by atoms with Gasteiger partial charge in [-0.1, -0.05) is 61.0 Å². The first-order chi connectivity index (χ1) is 20.1. The molecular formula is C33H37ClN2O6. The van der Waals surface area contributed by atoms with Crippen molar-refractivity contribution >= 4 is 35.1 Å². The van der Waals surface area contributed by atoms with E-state index in [0.29, 0.717) is 29.1 Å². The first kappa shape index (κ1) is 30.0. The van der Waals surface area contributed by atoms with E-state index in [0.717, 1.165) is 0 Å². The Kier molecular flexibility index (Phi) is 8.34. The number of aliphatic hydroxyl groups is 1. The van der Waals surface area contributed by atoms with Gasteiger partial charge in [0.05, 0.1) is 30.8 Å². The number of halogens is 1. The molecule has 3 aliphatic rings. The van der Waals surface area contributed by atoms with Crippen molar-refractivity contribution in [1.82, 2.24) is 4.90 Å². The smallest absolute Gasteiger partial charge is 0.312 e. The highest BCUT2D eigenvalue weighted by atomic mass is 35.5.